The highest BCUT2D eigenvalue weighted by Crippen LogP contribution is 2.38. The summed E-state index contributed by atoms with van der Waals surface area (Å²) in [5, 5.41) is 17.5. The van der Waals surface area contributed by atoms with Crippen molar-refractivity contribution in [3.63, 3.8) is 0 Å². The molecule has 0 atom stereocenters. The van der Waals surface area contributed by atoms with Crippen molar-refractivity contribution in [3.8, 4) is 28.5 Å². The molecule has 0 spiro atoms. The maximum Gasteiger partial charge on any atom is 0.141 e. The molecule has 2 aromatic carbocycles. The number of nitrogens with two attached hydrogens (primary N) is 1. The Labute approximate surface area is 161 Å². The molecule has 5 nitrogen and oxygen atoms in total. The molecule has 2 heterocycles. The highest BCUT2D eigenvalue weighted by Gasteiger charge is 2.17. The fourth-order valence-electron chi connectivity index (χ4n) is 3.35. The molecule has 0 aliphatic carbocycles. The molecule has 0 aliphatic rings. The number of nitrogens with one attached hydrogen (secondary N) is 1. The Morgan fingerprint density at radius 2 is 1.96 bits per heavy atom. The summed E-state index contributed by atoms with van der Waals surface area (Å²) >= 11 is 0. The monoisotopic (exact) mass is 369 g/mol. The van der Waals surface area contributed by atoms with E-state index in [1.165, 1.54) is 18.3 Å². The first kappa shape index (κ1) is 17.4. The van der Waals surface area contributed by atoms with E-state index in [1.54, 1.807) is 24.4 Å². The van der Waals surface area contributed by atoms with E-state index in [4.69, 9.17) is 16.4 Å². The largest absolute Gasteiger partial charge is 0.398 e. The van der Waals surface area contributed by atoms with Gasteiger partial charge in [0.05, 0.1) is 23.0 Å². The van der Waals surface area contributed by atoms with Gasteiger partial charge in [-0.1, -0.05) is 12.1 Å². The molecule has 2 aromatic heterocycles. The van der Waals surface area contributed by atoms with Crippen molar-refractivity contribution in [2.45, 2.75) is 0 Å². The zero-order chi connectivity index (χ0) is 19.8. The quantitative estimate of drug-likeness (QED) is 0.411. The highest BCUT2D eigenvalue weighted by atomic mass is 19.1. The fourth-order valence-corrected chi connectivity index (χ4v) is 3.35. The van der Waals surface area contributed by atoms with Crippen molar-refractivity contribution < 1.29 is 4.39 Å². The minimum absolute atomic E-state index is 0.00271. The van der Waals surface area contributed by atoms with E-state index in [0.29, 0.717) is 22.5 Å². The number of rotatable bonds is 3. The maximum atomic E-state index is 14.4. The summed E-state index contributed by atoms with van der Waals surface area (Å²) in [6.45, 7) is 0. The van der Waals surface area contributed by atoms with E-state index in [0.717, 1.165) is 22.0 Å². The molecule has 4 rings (SSSR count). The smallest absolute Gasteiger partial charge is 0.141 e. The number of fused-ring (bicyclic) bond motifs is 1. The van der Waals surface area contributed by atoms with Gasteiger partial charge >= 0.3 is 0 Å². The van der Waals surface area contributed by atoms with Gasteiger partial charge in [0.15, 0.2) is 0 Å². The Balaban J connectivity index is 2.05. The summed E-state index contributed by atoms with van der Waals surface area (Å²) in [6.07, 6.45) is 4.89. The van der Waals surface area contributed by atoms with Crippen LogP contribution in [0.4, 0.5) is 10.1 Å². The second-order valence-corrected chi connectivity index (χ2v) is 6.50. The topological polar surface area (TPSA) is 91.5 Å². The van der Waals surface area contributed by atoms with Crippen LogP contribution < -0.4 is 5.73 Å². The van der Waals surface area contributed by atoms with Crippen molar-refractivity contribution in [2.24, 2.45) is 7.05 Å². The summed E-state index contributed by atoms with van der Waals surface area (Å²) in [7, 11) is 1.92. The van der Waals surface area contributed by atoms with Crippen LogP contribution in [0.3, 0.4) is 0 Å². The predicted octanol–water partition coefficient (Wildman–Crippen LogP) is 4.50. The van der Waals surface area contributed by atoms with Gasteiger partial charge in [-0.3, -0.25) is 4.98 Å². The van der Waals surface area contributed by atoms with Crippen molar-refractivity contribution in [2.75, 3.05) is 5.73 Å². The molecule has 0 bridgehead atoms. The van der Waals surface area contributed by atoms with Crippen LogP contribution >= 0.6 is 0 Å². The minimum atomic E-state index is -0.573. The molecular formula is C22H16FN5. The zero-order valence-electron chi connectivity index (χ0n) is 15.1. The van der Waals surface area contributed by atoms with Crippen molar-refractivity contribution in [1.82, 2.24) is 9.55 Å². The molecule has 28 heavy (non-hydrogen) atoms. The molecule has 0 unspecified atom stereocenters. The number of halogens is 1. The zero-order valence-corrected chi connectivity index (χ0v) is 15.1. The van der Waals surface area contributed by atoms with Gasteiger partial charge in [0, 0.05) is 47.2 Å². The number of aromatic nitrogens is 2. The van der Waals surface area contributed by atoms with Crippen LogP contribution in [0.5, 0.6) is 0 Å². The van der Waals surface area contributed by atoms with Crippen molar-refractivity contribution in [1.29, 1.82) is 10.7 Å². The normalized spacial score (nSPS) is 10.8. The number of hydrogen-bond donors (Lipinski definition) is 2. The summed E-state index contributed by atoms with van der Waals surface area (Å²) in [4.78, 5) is 4.64. The van der Waals surface area contributed by atoms with Gasteiger partial charge in [-0.2, -0.15) is 5.26 Å². The van der Waals surface area contributed by atoms with E-state index in [1.807, 2.05) is 36.0 Å². The number of hydrogen-bond acceptors (Lipinski definition) is 4. The first-order valence-electron chi connectivity index (χ1n) is 8.58. The molecular weight excluding hydrogens is 353 g/mol. The van der Waals surface area contributed by atoms with Gasteiger partial charge in [-0.05, 0) is 35.9 Å². The molecule has 0 aliphatic heterocycles. The SMILES string of the molecule is Cn1ccc2c(-c3ccc(C#N)c(F)c3)c(-c3ccc(N)c(C=N)c3)ncc21. The first-order chi connectivity index (χ1) is 13.5. The third-order valence-corrected chi connectivity index (χ3v) is 4.84. The van der Waals surface area contributed by atoms with Crippen LogP contribution in [-0.4, -0.2) is 15.8 Å². The highest BCUT2D eigenvalue weighted by molar-refractivity contribution is 6.02. The van der Waals surface area contributed by atoms with Gasteiger partial charge in [0.1, 0.15) is 11.9 Å². The van der Waals surface area contributed by atoms with E-state index < -0.39 is 5.82 Å². The summed E-state index contributed by atoms with van der Waals surface area (Å²) < 4.78 is 16.3. The first-order valence-corrected chi connectivity index (χ1v) is 8.58. The number of benzene rings is 2. The van der Waals surface area contributed by atoms with Gasteiger partial charge in [-0.25, -0.2) is 4.39 Å². The maximum absolute atomic E-state index is 14.4. The van der Waals surface area contributed by atoms with Crippen molar-refractivity contribution >= 4 is 22.8 Å². The second-order valence-electron chi connectivity index (χ2n) is 6.50. The average molecular weight is 369 g/mol. The fraction of sp³-hybridized carbons (Fsp3) is 0.0455. The Kier molecular flexibility index (Phi) is 4.13. The van der Waals surface area contributed by atoms with Gasteiger partial charge in [0.2, 0.25) is 0 Å². The Hall–Kier alpha value is -3.98. The number of anilines is 1. The van der Waals surface area contributed by atoms with E-state index in [2.05, 4.69) is 4.98 Å². The summed E-state index contributed by atoms with van der Waals surface area (Å²) in [5.41, 5.74) is 10.7. The van der Waals surface area contributed by atoms with Gasteiger partial charge in [-0.15, -0.1) is 0 Å². The molecule has 0 radical (unpaired) electrons. The predicted molar refractivity (Wildman–Crippen MR) is 109 cm³/mol. The molecule has 0 fully saturated rings. The molecule has 0 saturated heterocycles. The van der Waals surface area contributed by atoms with Crippen LogP contribution in [0.2, 0.25) is 0 Å². The van der Waals surface area contributed by atoms with Crippen LogP contribution in [0.15, 0.2) is 54.9 Å². The molecule has 0 saturated carbocycles. The number of nitrogen functional groups attached to an aromatic ring is 1. The Morgan fingerprint density at radius 1 is 1.18 bits per heavy atom. The minimum Gasteiger partial charge on any atom is -0.398 e. The standard InChI is InChI=1S/C22H16FN5/c1-28-7-6-17-20(28)12-27-22(14-4-5-19(26)16(8-14)11-25)21(17)13-2-3-15(10-24)18(23)9-13/h2-9,11-12,25H,26H2,1H3. The summed E-state index contributed by atoms with van der Waals surface area (Å²) in [6, 6.07) is 13.7. The molecule has 136 valence electrons. The number of pyridine rings is 1. The molecule has 0 amide bonds. The third kappa shape index (κ3) is 2.70. The lowest BCUT2D eigenvalue weighted by molar-refractivity contribution is 0.624. The van der Waals surface area contributed by atoms with E-state index >= 15 is 0 Å². The molecule has 6 heteroatoms. The van der Waals surface area contributed by atoms with Crippen molar-refractivity contribution in [3.05, 3.63) is 71.8 Å². The summed E-state index contributed by atoms with van der Waals surface area (Å²) in [5.74, 6) is -0.573. The second kappa shape index (κ2) is 6.63. The van der Waals surface area contributed by atoms with E-state index in [-0.39, 0.29) is 5.56 Å². The number of nitrogens with zero attached hydrogens (tertiary/aromatic N) is 3. The third-order valence-electron chi connectivity index (χ3n) is 4.84. The Bertz CT molecular complexity index is 1280. The lowest BCUT2D eigenvalue weighted by Gasteiger charge is -2.13. The number of aryl methyl sites for hydroxylation is 1. The van der Waals surface area contributed by atoms with Gasteiger partial charge < -0.3 is 15.7 Å². The Morgan fingerprint density at radius 3 is 2.68 bits per heavy atom. The van der Waals surface area contributed by atoms with Gasteiger partial charge in [0.25, 0.3) is 0 Å². The lowest BCUT2D eigenvalue weighted by Crippen LogP contribution is -1.97. The average Bonchev–Trinajstić information content (AvgIpc) is 3.08. The lowest BCUT2D eigenvalue weighted by atomic mass is 9.94. The number of nitriles is 1. The van der Waals surface area contributed by atoms with E-state index in [9.17, 15) is 4.39 Å². The van der Waals surface area contributed by atoms with Crippen LogP contribution in [0, 0.1) is 22.6 Å². The van der Waals surface area contributed by atoms with Crippen LogP contribution in [0.1, 0.15) is 11.1 Å². The van der Waals surface area contributed by atoms with Crippen LogP contribution in [0.25, 0.3) is 33.3 Å². The van der Waals surface area contributed by atoms with Crippen LogP contribution in [-0.2, 0) is 7.05 Å². The molecule has 3 N–H and O–H groups in total. The molecule has 4 aromatic rings.